The molecule has 1 unspecified atom stereocenters. The van der Waals surface area contributed by atoms with Gasteiger partial charge in [0.25, 0.3) is 11.6 Å². The molecule has 0 saturated carbocycles. The number of benzene rings is 2. The van der Waals surface area contributed by atoms with Gasteiger partial charge in [0, 0.05) is 24.7 Å². The molecule has 1 N–H and O–H groups in total. The summed E-state index contributed by atoms with van der Waals surface area (Å²) in [6.45, 7) is 7.59. The molecule has 1 fully saturated rings. The van der Waals surface area contributed by atoms with Crippen molar-refractivity contribution in [1.29, 1.82) is 0 Å². The summed E-state index contributed by atoms with van der Waals surface area (Å²) in [6, 6.07) is 10.7. The first kappa shape index (κ1) is 18.9. The Labute approximate surface area is 159 Å². The van der Waals surface area contributed by atoms with Crippen LogP contribution in [-0.4, -0.2) is 23.9 Å². The third-order valence-electron chi connectivity index (χ3n) is 4.97. The molecule has 2 aromatic rings. The van der Waals surface area contributed by atoms with E-state index < -0.39 is 4.92 Å². The Balaban J connectivity index is 1.81. The quantitative estimate of drug-likeness (QED) is 0.631. The fourth-order valence-corrected chi connectivity index (χ4v) is 3.66. The zero-order valence-corrected chi connectivity index (χ0v) is 16.0. The lowest BCUT2D eigenvalue weighted by molar-refractivity contribution is -0.384. The van der Waals surface area contributed by atoms with E-state index in [0.29, 0.717) is 11.3 Å². The molecule has 2 aromatic carbocycles. The molecule has 3 rings (SSSR count). The van der Waals surface area contributed by atoms with Gasteiger partial charge < -0.3 is 10.2 Å². The minimum Gasteiger partial charge on any atom is -0.366 e. The van der Waals surface area contributed by atoms with Crippen molar-refractivity contribution >= 4 is 17.3 Å². The fourth-order valence-electron chi connectivity index (χ4n) is 3.66. The average Bonchev–Trinajstić information content (AvgIpc) is 3.14. The Morgan fingerprint density at radius 1 is 1.11 bits per heavy atom. The molecule has 1 aliphatic heterocycles. The number of carbonyl (C=O) groups excluding carboxylic acids is 1. The van der Waals surface area contributed by atoms with Crippen molar-refractivity contribution in [2.75, 3.05) is 18.0 Å². The lowest BCUT2D eigenvalue weighted by atomic mass is 10.0. The van der Waals surface area contributed by atoms with Crippen LogP contribution in [-0.2, 0) is 0 Å². The van der Waals surface area contributed by atoms with Crippen LogP contribution in [0.4, 0.5) is 11.4 Å². The lowest BCUT2D eigenvalue weighted by Crippen LogP contribution is -2.27. The highest BCUT2D eigenvalue weighted by molar-refractivity contribution is 5.96. The maximum absolute atomic E-state index is 12.7. The van der Waals surface area contributed by atoms with Gasteiger partial charge in [0.1, 0.15) is 5.69 Å². The first-order valence-corrected chi connectivity index (χ1v) is 9.27. The standard InChI is InChI=1S/C21H25N3O3/c1-14-10-15(2)12-18(11-14)16(3)22-21(25)17-6-7-19(20(13-17)24(26)27)23-8-4-5-9-23/h6-7,10-13,16H,4-5,8-9H2,1-3H3,(H,22,25). The smallest absolute Gasteiger partial charge is 0.293 e. The molecule has 1 atom stereocenters. The maximum Gasteiger partial charge on any atom is 0.293 e. The van der Waals surface area contributed by atoms with Gasteiger partial charge in [-0.2, -0.15) is 0 Å². The van der Waals surface area contributed by atoms with Gasteiger partial charge in [-0.05, 0) is 51.3 Å². The van der Waals surface area contributed by atoms with Gasteiger partial charge in [-0.1, -0.05) is 29.3 Å². The van der Waals surface area contributed by atoms with E-state index in [2.05, 4.69) is 11.4 Å². The van der Waals surface area contributed by atoms with Crippen LogP contribution >= 0.6 is 0 Å². The number of nitrogens with zero attached hydrogens (tertiary/aromatic N) is 2. The van der Waals surface area contributed by atoms with E-state index in [1.54, 1.807) is 12.1 Å². The molecular weight excluding hydrogens is 342 g/mol. The van der Waals surface area contributed by atoms with Crippen molar-refractivity contribution in [1.82, 2.24) is 5.32 Å². The number of rotatable bonds is 5. The minimum atomic E-state index is -0.405. The second-order valence-electron chi connectivity index (χ2n) is 7.27. The summed E-state index contributed by atoms with van der Waals surface area (Å²) in [5.74, 6) is -0.308. The van der Waals surface area contributed by atoms with Gasteiger partial charge in [0.05, 0.1) is 11.0 Å². The van der Waals surface area contributed by atoms with Crippen molar-refractivity contribution in [3.05, 3.63) is 68.8 Å². The second-order valence-corrected chi connectivity index (χ2v) is 7.27. The summed E-state index contributed by atoms with van der Waals surface area (Å²) in [5, 5.41) is 14.5. The number of hydrogen-bond acceptors (Lipinski definition) is 4. The third kappa shape index (κ3) is 4.27. The molecule has 0 bridgehead atoms. The lowest BCUT2D eigenvalue weighted by Gasteiger charge is -2.19. The van der Waals surface area contributed by atoms with E-state index >= 15 is 0 Å². The van der Waals surface area contributed by atoms with Crippen LogP contribution in [0.1, 0.15) is 52.9 Å². The summed E-state index contributed by atoms with van der Waals surface area (Å²) in [6.07, 6.45) is 2.07. The van der Waals surface area contributed by atoms with E-state index in [1.165, 1.54) is 6.07 Å². The van der Waals surface area contributed by atoms with Crippen LogP contribution in [0.15, 0.2) is 36.4 Å². The monoisotopic (exact) mass is 367 g/mol. The number of hydrogen-bond donors (Lipinski definition) is 1. The minimum absolute atomic E-state index is 0.0106. The van der Waals surface area contributed by atoms with Crippen molar-refractivity contribution in [2.24, 2.45) is 0 Å². The van der Waals surface area contributed by atoms with Crippen molar-refractivity contribution in [2.45, 2.75) is 39.7 Å². The second kappa shape index (κ2) is 7.78. The van der Waals surface area contributed by atoms with Gasteiger partial charge in [-0.15, -0.1) is 0 Å². The third-order valence-corrected chi connectivity index (χ3v) is 4.97. The zero-order chi connectivity index (χ0) is 19.6. The van der Waals surface area contributed by atoms with Gasteiger partial charge in [-0.25, -0.2) is 0 Å². The number of nitro benzene ring substituents is 1. The van der Waals surface area contributed by atoms with Gasteiger partial charge in [-0.3, -0.25) is 14.9 Å². The van der Waals surface area contributed by atoms with Crippen LogP contribution in [0, 0.1) is 24.0 Å². The number of aryl methyl sites for hydroxylation is 2. The van der Waals surface area contributed by atoms with Gasteiger partial charge in [0.2, 0.25) is 0 Å². The molecule has 0 aromatic heterocycles. The van der Waals surface area contributed by atoms with Gasteiger partial charge >= 0.3 is 0 Å². The van der Waals surface area contributed by atoms with E-state index in [9.17, 15) is 14.9 Å². The van der Waals surface area contributed by atoms with Crippen LogP contribution in [0.25, 0.3) is 0 Å². The van der Waals surface area contributed by atoms with Crippen LogP contribution in [0.2, 0.25) is 0 Å². The number of carbonyl (C=O) groups is 1. The van der Waals surface area contributed by atoms with Crippen molar-refractivity contribution in [3.63, 3.8) is 0 Å². The zero-order valence-electron chi connectivity index (χ0n) is 16.0. The molecule has 6 nitrogen and oxygen atoms in total. The molecule has 1 heterocycles. The summed E-state index contributed by atoms with van der Waals surface area (Å²) in [7, 11) is 0. The SMILES string of the molecule is Cc1cc(C)cc(C(C)NC(=O)c2ccc(N3CCCC3)c([N+](=O)[O-])c2)c1. The fraction of sp³-hybridized carbons (Fsp3) is 0.381. The van der Waals surface area contributed by atoms with Crippen molar-refractivity contribution in [3.8, 4) is 0 Å². The first-order chi connectivity index (χ1) is 12.8. The van der Waals surface area contributed by atoms with Crippen LogP contribution < -0.4 is 10.2 Å². The summed E-state index contributed by atoms with van der Waals surface area (Å²) in [4.78, 5) is 25.8. The number of nitro groups is 1. The average molecular weight is 367 g/mol. The highest BCUT2D eigenvalue weighted by Crippen LogP contribution is 2.31. The molecule has 142 valence electrons. The molecule has 1 aliphatic rings. The first-order valence-electron chi connectivity index (χ1n) is 9.27. The van der Waals surface area contributed by atoms with E-state index in [0.717, 1.165) is 42.6 Å². The molecule has 6 heteroatoms. The molecule has 0 radical (unpaired) electrons. The Hall–Kier alpha value is -2.89. The Morgan fingerprint density at radius 3 is 2.33 bits per heavy atom. The van der Waals surface area contributed by atoms with E-state index in [4.69, 9.17) is 0 Å². The van der Waals surface area contributed by atoms with Crippen LogP contribution in [0.3, 0.4) is 0 Å². The Kier molecular flexibility index (Phi) is 5.44. The highest BCUT2D eigenvalue weighted by Gasteiger charge is 2.24. The normalized spacial score (nSPS) is 14.9. The molecule has 0 spiro atoms. The van der Waals surface area contributed by atoms with Gasteiger partial charge in [0.15, 0.2) is 0 Å². The summed E-state index contributed by atoms with van der Waals surface area (Å²) >= 11 is 0. The predicted molar refractivity (Wildman–Crippen MR) is 106 cm³/mol. The molecule has 1 amide bonds. The molecule has 1 saturated heterocycles. The largest absolute Gasteiger partial charge is 0.366 e. The van der Waals surface area contributed by atoms with Crippen LogP contribution in [0.5, 0.6) is 0 Å². The molecule has 27 heavy (non-hydrogen) atoms. The molecule has 0 aliphatic carbocycles. The van der Waals surface area contributed by atoms with E-state index in [1.807, 2.05) is 37.8 Å². The highest BCUT2D eigenvalue weighted by atomic mass is 16.6. The predicted octanol–water partition coefficient (Wildman–Crippen LogP) is 4.30. The molecular formula is C21H25N3O3. The Morgan fingerprint density at radius 2 is 1.74 bits per heavy atom. The summed E-state index contributed by atoms with van der Waals surface area (Å²) in [5.41, 5.74) is 4.18. The summed E-state index contributed by atoms with van der Waals surface area (Å²) < 4.78 is 0. The van der Waals surface area contributed by atoms with E-state index in [-0.39, 0.29) is 17.6 Å². The maximum atomic E-state index is 12.7. The van der Waals surface area contributed by atoms with Crippen molar-refractivity contribution < 1.29 is 9.72 Å². The topological polar surface area (TPSA) is 75.5 Å². The number of nitrogens with one attached hydrogen (secondary N) is 1. The number of anilines is 1. The number of amides is 1. The Bertz CT molecular complexity index is 853.